The number of aliphatic hydroxyl groups is 2. The molecule has 1 amide bonds. The van der Waals surface area contributed by atoms with Crippen LogP contribution in [0.25, 0.3) is 28.0 Å². The minimum Gasteiger partial charge on any atom is -0.508 e. The predicted molar refractivity (Wildman–Crippen MR) is 177 cm³/mol. The number of aromatic nitrogens is 4. The number of fused-ring (bicyclic) bond motifs is 2. The van der Waals surface area contributed by atoms with Crippen LogP contribution in [0.4, 0.5) is 0 Å². The molecule has 250 valence electrons. The van der Waals surface area contributed by atoms with E-state index >= 15 is 0 Å². The molecule has 5 N–H and O–H groups in total. The van der Waals surface area contributed by atoms with Gasteiger partial charge in [0.05, 0.1) is 23.8 Å². The van der Waals surface area contributed by atoms with Gasteiger partial charge in [-0.2, -0.15) is 5.10 Å². The average Bonchev–Trinajstić information content (AvgIpc) is 3.38. The maximum absolute atomic E-state index is 13.2. The second kappa shape index (κ2) is 11.3. The number of aromatic hydroxyl groups is 2. The number of nitrogens with zero attached hydrogens (tertiary/aromatic N) is 4. The molecule has 1 aliphatic heterocycles. The van der Waals surface area contributed by atoms with Gasteiger partial charge in [0.25, 0.3) is 0 Å². The molecule has 3 aliphatic rings. The molecule has 4 atom stereocenters. The third-order valence-electron chi connectivity index (χ3n) is 11.5. The topological polar surface area (TPSA) is 157 Å². The van der Waals surface area contributed by atoms with Crippen LogP contribution < -0.4 is 5.69 Å². The molecule has 4 aromatic rings. The number of aromatic amines is 1. The summed E-state index contributed by atoms with van der Waals surface area (Å²) < 4.78 is 3.64. The molecule has 11 nitrogen and oxygen atoms in total. The summed E-state index contributed by atoms with van der Waals surface area (Å²) in [6.07, 6.45) is 4.58. The molecule has 1 saturated heterocycles. The van der Waals surface area contributed by atoms with Gasteiger partial charge < -0.3 is 29.9 Å². The van der Waals surface area contributed by atoms with Gasteiger partial charge in [0.15, 0.2) is 5.82 Å². The molecule has 11 heteroatoms. The zero-order chi connectivity index (χ0) is 33.4. The summed E-state index contributed by atoms with van der Waals surface area (Å²) in [5.74, 6) is 0.793. The molecule has 2 saturated carbocycles. The summed E-state index contributed by atoms with van der Waals surface area (Å²) >= 11 is 0. The Morgan fingerprint density at radius 2 is 1.83 bits per heavy atom. The number of carbonyl (C=O) groups is 1. The number of aliphatic hydroxyl groups excluding tert-OH is 1. The molecular weight excluding hydrogens is 598 g/mol. The van der Waals surface area contributed by atoms with Gasteiger partial charge in [-0.25, -0.2) is 14.5 Å². The minimum atomic E-state index is -1.31. The fraction of sp³-hybridized carbons (Fsp3) is 0.528. The van der Waals surface area contributed by atoms with E-state index in [-0.39, 0.29) is 46.9 Å². The van der Waals surface area contributed by atoms with Crippen LogP contribution >= 0.6 is 0 Å². The van der Waals surface area contributed by atoms with Crippen molar-refractivity contribution in [1.82, 2.24) is 24.2 Å². The van der Waals surface area contributed by atoms with E-state index in [0.29, 0.717) is 48.2 Å². The maximum atomic E-state index is 13.2. The van der Waals surface area contributed by atoms with Crippen molar-refractivity contribution in [3.05, 3.63) is 58.6 Å². The Hall–Kier alpha value is -4.09. The van der Waals surface area contributed by atoms with Crippen LogP contribution in [0.5, 0.6) is 11.5 Å². The van der Waals surface area contributed by atoms with Crippen LogP contribution in [0.15, 0.2) is 47.4 Å². The Bertz CT molecular complexity index is 1900. The predicted octanol–water partition coefficient (Wildman–Crippen LogP) is 4.50. The molecular formula is C36H45N5O6. The van der Waals surface area contributed by atoms with E-state index in [1.165, 1.54) is 10.6 Å². The lowest BCUT2D eigenvalue weighted by Crippen LogP contribution is -2.49. The Labute approximate surface area is 273 Å². The number of likely N-dealkylation sites (tertiary alicyclic amines) is 1. The van der Waals surface area contributed by atoms with Crippen molar-refractivity contribution in [3.8, 4) is 28.6 Å². The van der Waals surface area contributed by atoms with Crippen molar-refractivity contribution in [2.45, 2.75) is 84.0 Å². The van der Waals surface area contributed by atoms with Crippen molar-refractivity contribution in [1.29, 1.82) is 0 Å². The van der Waals surface area contributed by atoms with Crippen molar-refractivity contribution in [2.75, 3.05) is 13.1 Å². The van der Waals surface area contributed by atoms with Gasteiger partial charge in [0, 0.05) is 42.8 Å². The van der Waals surface area contributed by atoms with E-state index in [2.05, 4.69) is 28.6 Å². The molecule has 2 aromatic carbocycles. The van der Waals surface area contributed by atoms with E-state index in [0.717, 1.165) is 36.7 Å². The summed E-state index contributed by atoms with van der Waals surface area (Å²) in [5, 5.41) is 50.4. The summed E-state index contributed by atoms with van der Waals surface area (Å²) in [5.41, 5.74) is 0.885. The van der Waals surface area contributed by atoms with Gasteiger partial charge >= 0.3 is 5.69 Å². The van der Waals surface area contributed by atoms with Crippen LogP contribution in [0.2, 0.25) is 0 Å². The number of aryl methyl sites for hydroxylation is 1. The monoisotopic (exact) mass is 643 g/mol. The quantitative estimate of drug-likeness (QED) is 0.189. The molecule has 3 fully saturated rings. The van der Waals surface area contributed by atoms with Crippen LogP contribution in [-0.2, 0) is 11.3 Å². The highest BCUT2D eigenvalue weighted by Gasteiger charge is 2.73. The second-order valence-corrected chi connectivity index (χ2v) is 15.0. The summed E-state index contributed by atoms with van der Waals surface area (Å²) in [7, 11) is 0. The lowest BCUT2D eigenvalue weighted by molar-refractivity contribution is -0.146. The molecule has 47 heavy (non-hydrogen) atoms. The number of benzene rings is 2. The van der Waals surface area contributed by atoms with E-state index in [1.54, 1.807) is 6.07 Å². The van der Waals surface area contributed by atoms with Crippen LogP contribution in [0, 0.1) is 23.2 Å². The first-order chi connectivity index (χ1) is 22.3. The molecule has 3 heterocycles. The fourth-order valence-corrected chi connectivity index (χ4v) is 8.68. The number of rotatable bonds is 8. The van der Waals surface area contributed by atoms with Gasteiger partial charge in [0.1, 0.15) is 17.1 Å². The van der Waals surface area contributed by atoms with E-state index in [4.69, 9.17) is 0 Å². The number of H-pyrrole nitrogens is 1. The van der Waals surface area contributed by atoms with Gasteiger partial charge in [-0.05, 0) is 90.7 Å². The molecule has 1 unspecified atom stereocenters. The molecule has 2 aromatic heterocycles. The number of phenolic OH excluding ortho intramolecular Hbond substituents is 2. The van der Waals surface area contributed by atoms with Gasteiger partial charge in [-0.3, -0.25) is 4.79 Å². The van der Waals surface area contributed by atoms with Crippen LogP contribution in [0.3, 0.4) is 0 Å². The zero-order valence-corrected chi connectivity index (χ0v) is 27.5. The van der Waals surface area contributed by atoms with Crippen molar-refractivity contribution >= 4 is 16.8 Å². The Balaban J connectivity index is 1.00. The highest BCUT2D eigenvalue weighted by molar-refractivity contribution is 5.83. The zero-order valence-electron chi connectivity index (χ0n) is 27.5. The number of hydrogen-bond acceptors (Lipinski definition) is 7. The number of phenols is 2. The molecule has 0 spiro atoms. The molecule has 0 radical (unpaired) electrons. The molecule has 0 bridgehead atoms. The number of amides is 1. The van der Waals surface area contributed by atoms with Gasteiger partial charge in [-0.1, -0.05) is 27.7 Å². The molecule has 2 aliphatic carbocycles. The standard InChI is InChI=1S/C36H45N5O6/c1-20(2)24-16-25(29(43)18-28(24)42)33-37-38-34(46)41(33)23-5-6-27-22(15-23)10-14-39(27)11-7-21-8-12-40(13-9-21)31(45)19-36(47)30(44)17-26-32(36)35(26,3)4/h5-6,10,14-16,18,20-21,26,30,32,42-44,47H,7-9,11-13,17,19H2,1-4H3,(H,38,46)/t26-,30+,32?,36+/m1/s1. The molecule has 7 rings (SSSR count). The van der Waals surface area contributed by atoms with Gasteiger partial charge in [-0.15, -0.1) is 0 Å². The van der Waals surface area contributed by atoms with Crippen LogP contribution in [0.1, 0.15) is 71.3 Å². The second-order valence-electron chi connectivity index (χ2n) is 15.0. The lowest BCUT2D eigenvalue weighted by atomic mass is 9.83. The maximum Gasteiger partial charge on any atom is 0.348 e. The largest absolute Gasteiger partial charge is 0.508 e. The third kappa shape index (κ3) is 5.24. The summed E-state index contributed by atoms with van der Waals surface area (Å²) in [4.78, 5) is 28.0. The Morgan fingerprint density at radius 3 is 2.53 bits per heavy atom. The lowest BCUT2D eigenvalue weighted by Gasteiger charge is -2.37. The van der Waals surface area contributed by atoms with Gasteiger partial charge in [0.2, 0.25) is 5.91 Å². The van der Waals surface area contributed by atoms with E-state index in [1.807, 2.05) is 49.2 Å². The van der Waals surface area contributed by atoms with E-state index in [9.17, 15) is 30.0 Å². The summed E-state index contributed by atoms with van der Waals surface area (Å²) in [6.45, 7) is 10.3. The third-order valence-corrected chi connectivity index (χ3v) is 11.5. The minimum absolute atomic E-state index is 0.00228. The first-order valence-electron chi connectivity index (χ1n) is 16.8. The van der Waals surface area contributed by atoms with Crippen molar-refractivity contribution < 1.29 is 25.2 Å². The van der Waals surface area contributed by atoms with Crippen LogP contribution in [-0.4, -0.2) is 75.4 Å². The Kier molecular flexibility index (Phi) is 7.55. The van der Waals surface area contributed by atoms with Crippen molar-refractivity contribution in [2.24, 2.45) is 23.2 Å². The first-order valence-corrected chi connectivity index (χ1v) is 16.8. The van der Waals surface area contributed by atoms with Crippen molar-refractivity contribution in [3.63, 3.8) is 0 Å². The fourth-order valence-electron chi connectivity index (χ4n) is 8.68. The Morgan fingerprint density at radius 1 is 1.09 bits per heavy atom. The first kappa shape index (κ1) is 31.5. The number of piperidine rings is 1. The SMILES string of the molecule is CC(C)c1cc(-c2n[nH]c(=O)n2-c2ccc3c(ccn3CCC3CCN(C(=O)C[C@@]4(O)C5[C@@H](C[C@@H]4O)C5(C)C)CC3)c2)c(O)cc1O. The van der Waals surface area contributed by atoms with E-state index < -0.39 is 17.4 Å². The highest BCUT2D eigenvalue weighted by Crippen LogP contribution is 2.71. The smallest absolute Gasteiger partial charge is 0.348 e. The normalized spacial score (nSPS) is 25.5. The number of nitrogens with one attached hydrogen (secondary N) is 1. The number of carbonyl (C=O) groups excluding carboxylic acids is 1. The highest BCUT2D eigenvalue weighted by atomic mass is 16.3. The number of hydrogen-bond donors (Lipinski definition) is 5. The summed E-state index contributed by atoms with van der Waals surface area (Å²) in [6, 6.07) is 10.8. The average molecular weight is 644 g/mol.